The van der Waals surface area contributed by atoms with Crippen LogP contribution in [0.5, 0.6) is 0 Å². The van der Waals surface area contributed by atoms with Crippen molar-refractivity contribution in [1.82, 2.24) is 9.88 Å². The minimum Gasteiger partial charge on any atom is -0.478 e. The summed E-state index contributed by atoms with van der Waals surface area (Å²) in [6, 6.07) is 12.0. The highest BCUT2D eigenvalue weighted by molar-refractivity contribution is 7.18. The average molecular weight is 446 g/mol. The number of carbonyl (C=O) groups excluding carboxylic acids is 2. The van der Waals surface area contributed by atoms with E-state index in [0.717, 1.165) is 11.3 Å². The second kappa shape index (κ2) is 9.38. The first-order chi connectivity index (χ1) is 14.3. The maximum Gasteiger partial charge on any atom is 0.337 e. The number of pyridine rings is 1. The van der Waals surface area contributed by atoms with E-state index < -0.39 is 11.9 Å². The van der Waals surface area contributed by atoms with Crippen molar-refractivity contribution in [3.05, 3.63) is 79.9 Å². The molecule has 10 heteroatoms. The number of hydrogen-bond acceptors (Lipinski definition) is 5. The van der Waals surface area contributed by atoms with Crippen LogP contribution in [0.2, 0.25) is 4.34 Å². The minimum atomic E-state index is -1.25. The van der Waals surface area contributed by atoms with E-state index in [1.54, 1.807) is 24.3 Å². The third-order valence-electron chi connectivity index (χ3n) is 4.04. The van der Waals surface area contributed by atoms with E-state index in [4.69, 9.17) is 11.6 Å². The Kier molecular flexibility index (Phi) is 6.65. The molecule has 0 radical (unpaired) electrons. The van der Waals surface area contributed by atoms with E-state index in [-0.39, 0.29) is 35.7 Å². The molecule has 0 spiro atoms. The molecule has 2 aromatic heterocycles. The molecule has 0 saturated carbocycles. The van der Waals surface area contributed by atoms with Crippen LogP contribution in [0, 0.1) is 0 Å². The van der Waals surface area contributed by atoms with Crippen molar-refractivity contribution in [3.8, 4) is 5.69 Å². The number of thiophene rings is 1. The monoisotopic (exact) mass is 445 g/mol. The number of carboxylic acid groups (broad SMARTS) is 1. The van der Waals surface area contributed by atoms with Gasteiger partial charge in [-0.1, -0.05) is 17.7 Å². The van der Waals surface area contributed by atoms with Crippen molar-refractivity contribution in [2.24, 2.45) is 0 Å². The first-order valence-electron chi connectivity index (χ1n) is 8.74. The SMILES string of the molecule is O=C(CCNC(=O)c1ccc(Cl)s1)Nc1ccc(-n2ccccc2=O)cc1C(=O)O. The van der Waals surface area contributed by atoms with Crippen molar-refractivity contribution < 1.29 is 19.5 Å². The van der Waals surface area contributed by atoms with Crippen molar-refractivity contribution in [3.63, 3.8) is 0 Å². The number of aromatic nitrogens is 1. The van der Waals surface area contributed by atoms with Crippen molar-refractivity contribution in [2.45, 2.75) is 6.42 Å². The Balaban J connectivity index is 1.66. The standard InChI is InChI=1S/C20H16ClN3O5S/c21-16-7-6-15(30-16)19(27)22-9-8-17(25)23-14-5-4-12(11-13(14)20(28)29)24-10-2-1-3-18(24)26/h1-7,10-11H,8-9H2,(H,22,27)(H,23,25)(H,28,29). The van der Waals surface area contributed by atoms with E-state index in [9.17, 15) is 24.3 Å². The fourth-order valence-corrected chi connectivity index (χ4v) is 3.59. The Hall–Kier alpha value is -3.43. The van der Waals surface area contributed by atoms with Gasteiger partial charge in [-0.3, -0.25) is 19.0 Å². The molecule has 0 aliphatic carbocycles. The zero-order valence-corrected chi connectivity index (χ0v) is 17.0. The quantitative estimate of drug-likeness (QED) is 0.516. The number of nitrogens with one attached hydrogen (secondary N) is 2. The number of benzene rings is 1. The van der Waals surface area contributed by atoms with Crippen LogP contribution in [0.25, 0.3) is 5.69 Å². The molecule has 2 heterocycles. The number of aromatic carboxylic acids is 1. The highest BCUT2D eigenvalue weighted by Gasteiger charge is 2.15. The lowest BCUT2D eigenvalue weighted by Crippen LogP contribution is -2.27. The summed E-state index contributed by atoms with van der Waals surface area (Å²) in [4.78, 5) is 48.1. The Labute approximate surface area is 179 Å². The lowest BCUT2D eigenvalue weighted by Gasteiger charge is -2.12. The summed E-state index contributed by atoms with van der Waals surface area (Å²) in [6.45, 7) is 0.0695. The van der Waals surface area contributed by atoms with E-state index >= 15 is 0 Å². The average Bonchev–Trinajstić information content (AvgIpc) is 3.15. The maximum absolute atomic E-state index is 12.2. The smallest absolute Gasteiger partial charge is 0.337 e. The third kappa shape index (κ3) is 5.13. The predicted molar refractivity (Wildman–Crippen MR) is 114 cm³/mol. The van der Waals surface area contributed by atoms with Gasteiger partial charge < -0.3 is 15.7 Å². The van der Waals surface area contributed by atoms with Gasteiger partial charge in [-0.2, -0.15) is 0 Å². The molecule has 154 valence electrons. The molecule has 3 rings (SSSR count). The van der Waals surface area contributed by atoms with Crippen LogP contribution in [-0.2, 0) is 4.79 Å². The number of nitrogens with zero attached hydrogens (tertiary/aromatic N) is 1. The van der Waals surface area contributed by atoms with Crippen molar-refractivity contribution in [1.29, 1.82) is 0 Å². The lowest BCUT2D eigenvalue weighted by molar-refractivity contribution is -0.116. The van der Waals surface area contributed by atoms with Gasteiger partial charge in [-0.05, 0) is 36.4 Å². The number of hydrogen-bond donors (Lipinski definition) is 3. The lowest BCUT2D eigenvalue weighted by atomic mass is 10.1. The summed E-state index contributed by atoms with van der Waals surface area (Å²) in [7, 11) is 0. The van der Waals surface area contributed by atoms with Gasteiger partial charge in [-0.25, -0.2) is 4.79 Å². The highest BCUT2D eigenvalue weighted by Crippen LogP contribution is 2.21. The van der Waals surface area contributed by atoms with E-state index in [0.29, 0.717) is 14.9 Å². The van der Waals surface area contributed by atoms with Crippen LogP contribution in [0.1, 0.15) is 26.5 Å². The van der Waals surface area contributed by atoms with Gasteiger partial charge in [-0.15, -0.1) is 11.3 Å². The van der Waals surface area contributed by atoms with Gasteiger partial charge in [0, 0.05) is 30.9 Å². The zero-order valence-electron chi connectivity index (χ0n) is 15.4. The number of rotatable bonds is 7. The minimum absolute atomic E-state index is 0.0518. The molecule has 0 aliphatic heterocycles. The zero-order chi connectivity index (χ0) is 21.7. The van der Waals surface area contributed by atoms with Gasteiger partial charge >= 0.3 is 5.97 Å². The summed E-state index contributed by atoms with van der Waals surface area (Å²) < 4.78 is 1.78. The summed E-state index contributed by atoms with van der Waals surface area (Å²) in [5.41, 5.74) is -0.0169. The molecular formula is C20H16ClN3O5S. The molecule has 30 heavy (non-hydrogen) atoms. The Morgan fingerprint density at radius 1 is 1.10 bits per heavy atom. The molecule has 3 N–H and O–H groups in total. The normalized spacial score (nSPS) is 10.4. The van der Waals surface area contributed by atoms with Crippen molar-refractivity contribution in [2.75, 3.05) is 11.9 Å². The van der Waals surface area contributed by atoms with Crippen LogP contribution in [0.4, 0.5) is 5.69 Å². The second-order valence-corrected chi connectivity index (χ2v) is 7.82. The first-order valence-corrected chi connectivity index (χ1v) is 9.93. The molecule has 2 amide bonds. The fraction of sp³-hybridized carbons (Fsp3) is 0.100. The molecule has 1 aromatic carbocycles. The Bertz CT molecular complexity index is 1170. The second-order valence-electron chi connectivity index (χ2n) is 6.10. The predicted octanol–water partition coefficient (Wildman–Crippen LogP) is 3.01. The largest absolute Gasteiger partial charge is 0.478 e. The van der Waals surface area contributed by atoms with Crippen LogP contribution >= 0.6 is 22.9 Å². The number of carboxylic acids is 1. The van der Waals surface area contributed by atoms with E-state index in [2.05, 4.69) is 10.6 Å². The Morgan fingerprint density at radius 3 is 2.57 bits per heavy atom. The maximum atomic E-state index is 12.2. The summed E-state index contributed by atoms with van der Waals surface area (Å²) in [6.07, 6.45) is 1.47. The number of amides is 2. The molecule has 0 unspecified atom stereocenters. The molecule has 0 fully saturated rings. The molecule has 0 bridgehead atoms. The van der Waals surface area contributed by atoms with Gasteiger partial charge in [0.15, 0.2) is 0 Å². The van der Waals surface area contributed by atoms with Gasteiger partial charge in [0.05, 0.1) is 20.5 Å². The van der Waals surface area contributed by atoms with Crippen LogP contribution in [-0.4, -0.2) is 34.0 Å². The van der Waals surface area contributed by atoms with Gasteiger partial charge in [0.2, 0.25) is 5.91 Å². The third-order valence-corrected chi connectivity index (χ3v) is 5.27. The van der Waals surface area contributed by atoms with Crippen LogP contribution in [0.15, 0.2) is 59.5 Å². The number of anilines is 1. The van der Waals surface area contributed by atoms with Gasteiger partial charge in [0.25, 0.3) is 11.5 Å². The molecule has 0 atom stereocenters. The topological polar surface area (TPSA) is 118 Å². The molecule has 0 aliphatic rings. The van der Waals surface area contributed by atoms with Crippen molar-refractivity contribution >= 4 is 46.4 Å². The molecule has 8 nitrogen and oxygen atoms in total. The van der Waals surface area contributed by atoms with E-state index in [1.165, 1.54) is 35.0 Å². The molecule has 3 aromatic rings. The number of carbonyl (C=O) groups is 3. The van der Waals surface area contributed by atoms with Crippen LogP contribution in [0.3, 0.4) is 0 Å². The Morgan fingerprint density at radius 2 is 1.90 bits per heavy atom. The summed E-state index contributed by atoms with van der Waals surface area (Å²) in [5, 5.41) is 14.6. The molecule has 0 saturated heterocycles. The number of halogens is 1. The summed E-state index contributed by atoms with van der Waals surface area (Å²) >= 11 is 6.91. The van der Waals surface area contributed by atoms with Crippen LogP contribution < -0.4 is 16.2 Å². The fourth-order valence-electron chi connectivity index (χ4n) is 2.63. The highest BCUT2D eigenvalue weighted by atomic mass is 35.5. The first kappa shape index (κ1) is 21.3. The molecular weight excluding hydrogens is 430 g/mol. The van der Waals surface area contributed by atoms with Gasteiger partial charge in [0.1, 0.15) is 0 Å². The van der Waals surface area contributed by atoms with E-state index in [1.807, 2.05) is 0 Å². The summed E-state index contributed by atoms with van der Waals surface area (Å²) in [5.74, 6) is -2.06.